The van der Waals surface area contributed by atoms with Gasteiger partial charge in [0.15, 0.2) is 4.96 Å². The van der Waals surface area contributed by atoms with Gasteiger partial charge >= 0.3 is 0 Å². The normalized spacial score (nSPS) is 12.6. The van der Waals surface area contributed by atoms with Gasteiger partial charge in [0.2, 0.25) is 0 Å². The van der Waals surface area contributed by atoms with E-state index in [1.807, 2.05) is 24.3 Å². The number of allylic oxidation sites excluding steroid dienone is 1. The van der Waals surface area contributed by atoms with Crippen molar-refractivity contribution >= 4 is 44.3 Å². The second-order valence-electron chi connectivity index (χ2n) is 7.11. The summed E-state index contributed by atoms with van der Waals surface area (Å²) in [6.07, 6.45) is 5.95. The first-order valence-electron chi connectivity index (χ1n) is 9.19. The summed E-state index contributed by atoms with van der Waals surface area (Å²) in [5.41, 5.74) is 6.28. The van der Waals surface area contributed by atoms with Gasteiger partial charge in [0.25, 0.3) is 5.56 Å². The summed E-state index contributed by atoms with van der Waals surface area (Å²) in [4.78, 5) is 18.6. The topological polar surface area (TPSA) is 39.3 Å². The number of rotatable bonds is 3. The largest absolute Gasteiger partial charge is 0.343 e. The van der Waals surface area contributed by atoms with Crippen LogP contribution < -0.4 is 10.1 Å². The Hall–Kier alpha value is -3.18. The van der Waals surface area contributed by atoms with E-state index in [1.54, 1.807) is 4.40 Å². The highest BCUT2D eigenvalue weighted by Gasteiger charge is 2.13. The molecule has 138 valence electrons. The number of benzene rings is 2. The van der Waals surface area contributed by atoms with Crippen molar-refractivity contribution in [3.63, 3.8) is 0 Å². The zero-order chi connectivity index (χ0) is 19.4. The third kappa shape index (κ3) is 2.43. The Balaban J connectivity index is 1.78. The summed E-state index contributed by atoms with van der Waals surface area (Å²) in [7, 11) is 0. The molecule has 0 aliphatic heterocycles. The molecule has 0 saturated heterocycles. The molecule has 0 atom stereocenters. The van der Waals surface area contributed by atoms with E-state index in [1.165, 1.54) is 16.9 Å². The van der Waals surface area contributed by atoms with Gasteiger partial charge < -0.3 is 4.57 Å². The van der Waals surface area contributed by atoms with Gasteiger partial charge in [0.1, 0.15) is 0 Å². The Morgan fingerprint density at radius 2 is 1.93 bits per heavy atom. The number of imidazole rings is 1. The third-order valence-electron chi connectivity index (χ3n) is 5.29. The van der Waals surface area contributed by atoms with E-state index >= 15 is 0 Å². The van der Waals surface area contributed by atoms with Crippen molar-refractivity contribution in [3.8, 4) is 0 Å². The lowest BCUT2D eigenvalue weighted by Crippen LogP contribution is -2.22. The molecule has 0 aliphatic carbocycles. The van der Waals surface area contributed by atoms with Gasteiger partial charge in [0, 0.05) is 29.2 Å². The molecule has 3 aromatic heterocycles. The van der Waals surface area contributed by atoms with E-state index < -0.39 is 0 Å². The van der Waals surface area contributed by atoms with Crippen LogP contribution in [-0.2, 0) is 6.54 Å². The fraction of sp³-hybridized carbons (Fsp3) is 0.130. The van der Waals surface area contributed by atoms with Gasteiger partial charge in [-0.3, -0.25) is 4.79 Å². The molecule has 4 nitrogen and oxygen atoms in total. The summed E-state index contributed by atoms with van der Waals surface area (Å²) in [5.74, 6) is 0. The molecular weight excluding hydrogens is 366 g/mol. The number of thiazole rings is 1. The number of para-hydroxylation sites is 1. The summed E-state index contributed by atoms with van der Waals surface area (Å²) in [6, 6.07) is 12.3. The first-order chi connectivity index (χ1) is 13.6. The molecule has 0 radical (unpaired) electrons. The summed E-state index contributed by atoms with van der Waals surface area (Å²) in [6.45, 7) is 8.71. The zero-order valence-corrected chi connectivity index (χ0v) is 16.6. The van der Waals surface area contributed by atoms with Crippen LogP contribution in [0.25, 0.3) is 33.0 Å². The predicted molar refractivity (Wildman–Crippen MR) is 117 cm³/mol. The molecule has 0 spiro atoms. The Kier molecular flexibility index (Phi) is 3.74. The summed E-state index contributed by atoms with van der Waals surface area (Å²) in [5, 5.41) is 1.13. The summed E-state index contributed by atoms with van der Waals surface area (Å²) >= 11 is 1.44. The van der Waals surface area contributed by atoms with Crippen LogP contribution in [0.2, 0.25) is 0 Å². The molecule has 0 N–H and O–H groups in total. The maximum atomic E-state index is 13.2. The van der Waals surface area contributed by atoms with E-state index in [0.717, 1.165) is 44.6 Å². The minimum atomic E-state index is -0.00805. The number of aromatic nitrogens is 3. The molecule has 0 fully saturated rings. The lowest BCUT2D eigenvalue weighted by Gasteiger charge is -1.98. The SMILES string of the molecule is C=CCn1cc(/C=c2\sc3nc4cc(C)c(C)cc4n3c2=O)c2ccccc21. The van der Waals surface area contributed by atoms with Gasteiger partial charge in [-0.15, -0.1) is 6.58 Å². The van der Waals surface area contributed by atoms with Crippen LogP contribution in [0.1, 0.15) is 16.7 Å². The minimum Gasteiger partial charge on any atom is -0.343 e. The van der Waals surface area contributed by atoms with Crippen molar-refractivity contribution in [1.29, 1.82) is 0 Å². The highest BCUT2D eigenvalue weighted by Crippen LogP contribution is 2.23. The number of aryl methyl sites for hydroxylation is 2. The predicted octanol–water partition coefficient (Wildman–Crippen LogP) is 4.21. The molecule has 0 bridgehead atoms. The van der Waals surface area contributed by atoms with Gasteiger partial charge in [-0.05, 0) is 49.2 Å². The van der Waals surface area contributed by atoms with Crippen molar-refractivity contribution in [2.24, 2.45) is 0 Å². The molecular formula is C23H19N3OS. The van der Waals surface area contributed by atoms with Crippen molar-refractivity contribution in [2.45, 2.75) is 20.4 Å². The number of nitrogens with zero attached hydrogens (tertiary/aromatic N) is 3. The minimum absolute atomic E-state index is 0.00805. The molecule has 0 saturated carbocycles. The first kappa shape index (κ1) is 17.0. The summed E-state index contributed by atoms with van der Waals surface area (Å²) < 4.78 is 4.59. The van der Waals surface area contributed by atoms with Crippen molar-refractivity contribution in [2.75, 3.05) is 0 Å². The van der Waals surface area contributed by atoms with Crippen LogP contribution in [0, 0.1) is 13.8 Å². The second-order valence-corrected chi connectivity index (χ2v) is 8.12. The smallest absolute Gasteiger partial charge is 0.274 e. The van der Waals surface area contributed by atoms with Crippen LogP contribution in [0.3, 0.4) is 0 Å². The van der Waals surface area contributed by atoms with Crippen molar-refractivity contribution in [1.82, 2.24) is 14.0 Å². The van der Waals surface area contributed by atoms with E-state index in [0.29, 0.717) is 4.53 Å². The maximum Gasteiger partial charge on any atom is 0.274 e. The standard InChI is InChI=1S/C23H19N3OS/c1-4-9-25-13-16(17-7-5-6-8-19(17)25)12-21-22(27)26-20-11-15(3)14(2)10-18(20)24-23(26)28-21/h4-8,10-13H,1,9H2,2-3H3/b21-12-. The van der Waals surface area contributed by atoms with E-state index in [4.69, 9.17) is 0 Å². The molecule has 0 amide bonds. The molecule has 3 heterocycles. The average Bonchev–Trinajstić information content (AvgIpc) is 3.29. The number of hydrogen-bond acceptors (Lipinski definition) is 3. The Bertz CT molecular complexity index is 1500. The first-order valence-corrected chi connectivity index (χ1v) is 10.0. The quantitative estimate of drug-likeness (QED) is 0.436. The van der Waals surface area contributed by atoms with E-state index in [2.05, 4.69) is 60.4 Å². The van der Waals surface area contributed by atoms with Gasteiger partial charge in [0.05, 0.1) is 15.6 Å². The monoisotopic (exact) mass is 385 g/mol. The van der Waals surface area contributed by atoms with E-state index in [9.17, 15) is 4.79 Å². The Labute approximate surface area is 165 Å². The Morgan fingerprint density at radius 3 is 2.75 bits per heavy atom. The van der Waals surface area contributed by atoms with Crippen molar-refractivity contribution < 1.29 is 0 Å². The second kappa shape index (κ2) is 6.17. The highest BCUT2D eigenvalue weighted by atomic mass is 32.1. The van der Waals surface area contributed by atoms with Crippen LogP contribution in [0.5, 0.6) is 0 Å². The fourth-order valence-electron chi connectivity index (χ4n) is 3.74. The van der Waals surface area contributed by atoms with Gasteiger partial charge in [-0.1, -0.05) is 35.6 Å². The number of fused-ring (bicyclic) bond motifs is 4. The molecule has 2 aromatic carbocycles. The van der Waals surface area contributed by atoms with Crippen molar-refractivity contribution in [3.05, 3.63) is 86.8 Å². The van der Waals surface area contributed by atoms with Crippen LogP contribution in [-0.4, -0.2) is 14.0 Å². The maximum absolute atomic E-state index is 13.2. The van der Waals surface area contributed by atoms with Gasteiger partial charge in [-0.25, -0.2) is 9.38 Å². The lowest BCUT2D eigenvalue weighted by molar-refractivity contribution is 0.864. The van der Waals surface area contributed by atoms with Gasteiger partial charge in [-0.2, -0.15) is 0 Å². The zero-order valence-electron chi connectivity index (χ0n) is 15.8. The molecule has 0 aliphatic rings. The molecule has 28 heavy (non-hydrogen) atoms. The molecule has 0 unspecified atom stereocenters. The fourth-order valence-corrected chi connectivity index (χ4v) is 4.72. The molecule has 5 heteroatoms. The third-order valence-corrected chi connectivity index (χ3v) is 6.25. The molecule has 5 aromatic rings. The average molecular weight is 385 g/mol. The van der Waals surface area contributed by atoms with Crippen LogP contribution in [0.15, 0.2) is 60.0 Å². The lowest BCUT2D eigenvalue weighted by atomic mass is 10.1. The van der Waals surface area contributed by atoms with E-state index in [-0.39, 0.29) is 5.56 Å². The number of hydrogen-bond donors (Lipinski definition) is 0. The van der Waals surface area contributed by atoms with Crippen LogP contribution >= 0.6 is 11.3 Å². The molecule has 5 rings (SSSR count). The highest BCUT2D eigenvalue weighted by molar-refractivity contribution is 7.15. The Morgan fingerprint density at radius 1 is 1.14 bits per heavy atom. The van der Waals surface area contributed by atoms with Crippen LogP contribution in [0.4, 0.5) is 0 Å².